The van der Waals surface area contributed by atoms with E-state index in [9.17, 15) is 9.59 Å². The van der Waals surface area contributed by atoms with E-state index in [1.54, 1.807) is 6.07 Å². The van der Waals surface area contributed by atoms with Gasteiger partial charge < -0.3 is 14.5 Å². The van der Waals surface area contributed by atoms with E-state index in [0.29, 0.717) is 16.3 Å². The molecule has 0 aliphatic carbocycles. The molecule has 0 unspecified atom stereocenters. The number of aryl methyl sites for hydroxylation is 2. The van der Waals surface area contributed by atoms with Crippen LogP contribution in [0.25, 0.3) is 5.65 Å². The Kier molecular flexibility index (Phi) is 4.35. The number of methoxy groups -OCH3 is 1. The maximum Gasteiger partial charge on any atom is 0.340 e. The molecule has 0 aliphatic rings. The number of pyridine rings is 1. The molecule has 0 aliphatic heterocycles. The summed E-state index contributed by atoms with van der Waals surface area (Å²) in [7, 11) is 1.32. The van der Waals surface area contributed by atoms with Gasteiger partial charge in [-0.25, -0.2) is 9.78 Å². The first-order valence-corrected chi connectivity index (χ1v) is 8.21. The van der Waals surface area contributed by atoms with Crippen molar-refractivity contribution in [3.8, 4) is 0 Å². The zero-order valence-electron chi connectivity index (χ0n) is 13.6. The summed E-state index contributed by atoms with van der Waals surface area (Å²) in [6.45, 7) is 3.87. The number of ether oxygens (including phenoxy) is 1. The Morgan fingerprint density at radius 3 is 2.88 bits per heavy atom. The SMILES string of the molecule is COC(=O)c1cc(C)sc1NC(=O)Cc1cn2ccc(C)cc2n1. The summed E-state index contributed by atoms with van der Waals surface area (Å²) in [5.74, 6) is -0.681. The first kappa shape index (κ1) is 16.2. The number of aromatic nitrogens is 2. The van der Waals surface area contributed by atoms with Crippen molar-refractivity contribution >= 4 is 33.9 Å². The molecule has 0 fully saturated rings. The van der Waals surface area contributed by atoms with Gasteiger partial charge in [-0.15, -0.1) is 11.3 Å². The van der Waals surface area contributed by atoms with Crippen LogP contribution in [0.15, 0.2) is 30.6 Å². The molecule has 3 aromatic rings. The number of rotatable bonds is 4. The first-order valence-electron chi connectivity index (χ1n) is 7.39. The molecular weight excluding hydrogens is 326 g/mol. The van der Waals surface area contributed by atoms with Crippen LogP contribution < -0.4 is 5.32 Å². The van der Waals surface area contributed by atoms with Crippen molar-refractivity contribution in [1.29, 1.82) is 0 Å². The molecule has 0 saturated carbocycles. The summed E-state index contributed by atoms with van der Waals surface area (Å²) in [6.07, 6.45) is 3.88. The number of amides is 1. The Labute approximate surface area is 143 Å². The van der Waals surface area contributed by atoms with E-state index in [2.05, 4.69) is 10.3 Å². The number of hydrogen-bond acceptors (Lipinski definition) is 5. The second kappa shape index (κ2) is 6.45. The number of anilines is 1. The number of nitrogens with zero attached hydrogens (tertiary/aromatic N) is 2. The number of imidazole rings is 1. The average Bonchev–Trinajstić information content (AvgIpc) is 3.08. The lowest BCUT2D eigenvalue weighted by Crippen LogP contribution is -2.16. The Balaban J connectivity index is 1.76. The van der Waals surface area contributed by atoms with Crippen LogP contribution in [0.2, 0.25) is 0 Å². The lowest BCUT2D eigenvalue weighted by Gasteiger charge is -2.04. The van der Waals surface area contributed by atoms with Gasteiger partial charge in [-0.05, 0) is 37.6 Å². The van der Waals surface area contributed by atoms with E-state index in [0.717, 1.165) is 16.1 Å². The first-order chi connectivity index (χ1) is 11.5. The van der Waals surface area contributed by atoms with Crippen LogP contribution >= 0.6 is 11.3 Å². The van der Waals surface area contributed by atoms with Crippen LogP contribution in [0.4, 0.5) is 5.00 Å². The average molecular weight is 343 g/mol. The quantitative estimate of drug-likeness (QED) is 0.739. The molecule has 3 rings (SSSR count). The second-order valence-corrected chi connectivity index (χ2v) is 6.77. The van der Waals surface area contributed by atoms with Crippen molar-refractivity contribution in [2.75, 3.05) is 12.4 Å². The highest BCUT2D eigenvalue weighted by molar-refractivity contribution is 7.16. The molecule has 1 N–H and O–H groups in total. The van der Waals surface area contributed by atoms with Gasteiger partial charge in [0.05, 0.1) is 24.8 Å². The van der Waals surface area contributed by atoms with E-state index >= 15 is 0 Å². The Morgan fingerprint density at radius 1 is 1.33 bits per heavy atom. The summed E-state index contributed by atoms with van der Waals surface area (Å²) in [6, 6.07) is 5.65. The summed E-state index contributed by atoms with van der Waals surface area (Å²) >= 11 is 1.35. The monoisotopic (exact) mass is 343 g/mol. The van der Waals surface area contributed by atoms with Gasteiger partial charge in [-0.1, -0.05) is 0 Å². The molecule has 0 atom stereocenters. The second-order valence-electron chi connectivity index (χ2n) is 5.52. The summed E-state index contributed by atoms with van der Waals surface area (Å²) in [5, 5.41) is 3.28. The van der Waals surface area contributed by atoms with Crippen LogP contribution in [-0.2, 0) is 16.0 Å². The molecule has 0 aromatic carbocycles. The van der Waals surface area contributed by atoms with Crippen molar-refractivity contribution in [3.63, 3.8) is 0 Å². The molecule has 6 nitrogen and oxygen atoms in total. The van der Waals surface area contributed by atoms with Crippen LogP contribution in [0.1, 0.15) is 26.5 Å². The van der Waals surface area contributed by atoms with E-state index in [4.69, 9.17) is 4.74 Å². The van der Waals surface area contributed by atoms with Crippen molar-refractivity contribution < 1.29 is 14.3 Å². The fraction of sp³-hybridized carbons (Fsp3) is 0.235. The summed E-state index contributed by atoms with van der Waals surface area (Å²) in [4.78, 5) is 29.4. The fourth-order valence-electron chi connectivity index (χ4n) is 2.43. The van der Waals surface area contributed by atoms with Gasteiger partial charge in [-0.3, -0.25) is 4.79 Å². The molecule has 0 radical (unpaired) electrons. The minimum Gasteiger partial charge on any atom is -0.465 e. The maximum absolute atomic E-state index is 12.3. The van der Waals surface area contributed by atoms with Crippen molar-refractivity contribution in [2.45, 2.75) is 20.3 Å². The normalized spacial score (nSPS) is 10.8. The lowest BCUT2D eigenvalue weighted by atomic mass is 10.3. The van der Waals surface area contributed by atoms with Gasteiger partial charge in [0.2, 0.25) is 5.91 Å². The summed E-state index contributed by atoms with van der Waals surface area (Å²) in [5.41, 5.74) is 2.96. The predicted molar refractivity (Wildman–Crippen MR) is 92.7 cm³/mol. The van der Waals surface area contributed by atoms with Gasteiger partial charge in [0.25, 0.3) is 0 Å². The van der Waals surface area contributed by atoms with Gasteiger partial charge >= 0.3 is 5.97 Å². The number of thiophene rings is 1. The predicted octanol–water partition coefficient (Wildman–Crippen LogP) is 2.98. The highest BCUT2D eigenvalue weighted by atomic mass is 32.1. The number of fused-ring (bicyclic) bond motifs is 1. The van der Waals surface area contributed by atoms with Crippen LogP contribution in [0, 0.1) is 13.8 Å². The third kappa shape index (κ3) is 3.30. The van der Waals surface area contributed by atoms with Crippen LogP contribution in [-0.4, -0.2) is 28.4 Å². The number of hydrogen-bond donors (Lipinski definition) is 1. The molecular formula is C17H17N3O3S. The standard InChI is InChI=1S/C17H17N3O3S/c1-10-4-5-20-9-12(18-14(20)6-10)8-15(21)19-16-13(17(22)23-3)7-11(2)24-16/h4-7,9H,8H2,1-3H3,(H,19,21). The molecule has 24 heavy (non-hydrogen) atoms. The molecule has 0 bridgehead atoms. The molecule has 7 heteroatoms. The van der Waals surface area contributed by atoms with E-state index in [1.165, 1.54) is 18.4 Å². The Morgan fingerprint density at radius 2 is 2.12 bits per heavy atom. The van der Waals surface area contributed by atoms with Crippen LogP contribution in [0.5, 0.6) is 0 Å². The summed E-state index contributed by atoms with van der Waals surface area (Å²) < 4.78 is 6.62. The molecule has 0 spiro atoms. The van der Waals surface area contributed by atoms with Crippen molar-refractivity contribution in [2.24, 2.45) is 0 Å². The minimum absolute atomic E-state index is 0.137. The molecule has 0 saturated heterocycles. The third-order valence-corrected chi connectivity index (χ3v) is 4.49. The molecule has 3 heterocycles. The topological polar surface area (TPSA) is 72.7 Å². The fourth-order valence-corrected chi connectivity index (χ4v) is 3.34. The van der Waals surface area contributed by atoms with Crippen LogP contribution in [0.3, 0.4) is 0 Å². The van der Waals surface area contributed by atoms with Gasteiger partial charge in [0, 0.05) is 17.3 Å². The molecule has 124 valence electrons. The number of carbonyl (C=O) groups is 2. The number of carbonyl (C=O) groups excluding carboxylic acids is 2. The minimum atomic E-state index is -0.460. The maximum atomic E-state index is 12.3. The third-order valence-electron chi connectivity index (χ3n) is 3.52. The van der Waals surface area contributed by atoms with E-state index < -0.39 is 5.97 Å². The van der Waals surface area contributed by atoms with Crippen molar-refractivity contribution in [3.05, 3.63) is 52.3 Å². The van der Waals surface area contributed by atoms with Gasteiger partial charge in [0.1, 0.15) is 10.6 Å². The van der Waals surface area contributed by atoms with Crippen molar-refractivity contribution in [1.82, 2.24) is 9.38 Å². The number of nitrogens with one attached hydrogen (secondary N) is 1. The molecule has 3 aromatic heterocycles. The zero-order chi connectivity index (χ0) is 17.3. The largest absolute Gasteiger partial charge is 0.465 e. The Hall–Kier alpha value is -2.67. The molecule has 1 amide bonds. The zero-order valence-corrected chi connectivity index (χ0v) is 14.4. The smallest absolute Gasteiger partial charge is 0.340 e. The van der Waals surface area contributed by atoms with E-state index in [1.807, 2.05) is 42.8 Å². The van der Waals surface area contributed by atoms with Gasteiger partial charge in [-0.2, -0.15) is 0 Å². The Bertz CT molecular complexity index is 926. The van der Waals surface area contributed by atoms with Gasteiger partial charge in [0.15, 0.2) is 0 Å². The highest BCUT2D eigenvalue weighted by Gasteiger charge is 2.18. The number of esters is 1. The lowest BCUT2D eigenvalue weighted by molar-refractivity contribution is -0.115. The highest BCUT2D eigenvalue weighted by Crippen LogP contribution is 2.28. The van der Waals surface area contributed by atoms with E-state index in [-0.39, 0.29) is 12.3 Å².